The van der Waals surface area contributed by atoms with Gasteiger partial charge in [-0.3, -0.25) is 4.90 Å². The zero-order chi connectivity index (χ0) is 24.1. The van der Waals surface area contributed by atoms with Crippen LogP contribution in [0, 0.1) is 0 Å². The van der Waals surface area contributed by atoms with Crippen LogP contribution < -0.4 is 5.73 Å². The third-order valence-corrected chi connectivity index (χ3v) is 5.99. The molecule has 1 aromatic carbocycles. The SMILES string of the molecule is C=C(CCC)/C(=C\C=C(/C)OC)N1CCN(CCC(O/C(N)=C\CC)c2ccccc2)CC1. The summed E-state index contributed by atoms with van der Waals surface area (Å²) in [6.07, 6.45) is 9.98. The average molecular weight is 454 g/mol. The van der Waals surface area contributed by atoms with Crippen LogP contribution in [0.5, 0.6) is 0 Å². The summed E-state index contributed by atoms with van der Waals surface area (Å²) in [6, 6.07) is 10.4. The van der Waals surface area contributed by atoms with Gasteiger partial charge in [0.2, 0.25) is 0 Å². The van der Waals surface area contributed by atoms with E-state index in [0.717, 1.165) is 64.2 Å². The molecule has 1 aromatic rings. The van der Waals surface area contributed by atoms with Crippen molar-refractivity contribution in [2.75, 3.05) is 39.8 Å². The van der Waals surface area contributed by atoms with Crippen molar-refractivity contribution in [1.29, 1.82) is 0 Å². The minimum absolute atomic E-state index is 0.0334. The fourth-order valence-electron chi connectivity index (χ4n) is 4.03. The van der Waals surface area contributed by atoms with Crippen LogP contribution in [0.4, 0.5) is 0 Å². The van der Waals surface area contributed by atoms with Crippen molar-refractivity contribution in [3.63, 3.8) is 0 Å². The normalized spacial score (nSPS) is 17.1. The molecule has 2 rings (SSSR count). The van der Waals surface area contributed by atoms with Crippen molar-refractivity contribution in [3.8, 4) is 0 Å². The first-order valence-corrected chi connectivity index (χ1v) is 12.2. The van der Waals surface area contributed by atoms with Gasteiger partial charge in [0.1, 0.15) is 6.10 Å². The van der Waals surface area contributed by atoms with Gasteiger partial charge >= 0.3 is 0 Å². The maximum Gasteiger partial charge on any atom is 0.180 e. The van der Waals surface area contributed by atoms with Crippen molar-refractivity contribution in [1.82, 2.24) is 9.80 Å². The Morgan fingerprint density at radius 2 is 1.82 bits per heavy atom. The third kappa shape index (κ3) is 9.01. The van der Waals surface area contributed by atoms with Gasteiger partial charge in [0.25, 0.3) is 0 Å². The molecule has 5 heteroatoms. The molecule has 0 spiro atoms. The highest BCUT2D eigenvalue weighted by Gasteiger charge is 2.22. The molecule has 1 unspecified atom stereocenters. The van der Waals surface area contributed by atoms with Crippen LogP contribution in [0.3, 0.4) is 0 Å². The molecule has 0 amide bonds. The molecular formula is C28H43N3O2. The van der Waals surface area contributed by atoms with Gasteiger partial charge in [0.05, 0.1) is 12.9 Å². The first-order valence-electron chi connectivity index (χ1n) is 12.2. The van der Waals surface area contributed by atoms with Crippen molar-refractivity contribution < 1.29 is 9.47 Å². The van der Waals surface area contributed by atoms with Crippen molar-refractivity contribution in [2.45, 2.75) is 52.6 Å². The van der Waals surface area contributed by atoms with E-state index < -0.39 is 0 Å². The zero-order valence-electron chi connectivity index (χ0n) is 21.1. The van der Waals surface area contributed by atoms with E-state index in [1.807, 2.05) is 25.1 Å². The molecule has 1 fully saturated rings. The van der Waals surface area contributed by atoms with Gasteiger partial charge in [-0.2, -0.15) is 0 Å². The number of piperazine rings is 1. The minimum atomic E-state index is -0.0334. The van der Waals surface area contributed by atoms with Crippen LogP contribution >= 0.6 is 0 Å². The third-order valence-electron chi connectivity index (χ3n) is 5.99. The Kier molecular flexibility index (Phi) is 11.7. The lowest BCUT2D eigenvalue weighted by Crippen LogP contribution is -2.46. The Morgan fingerprint density at radius 1 is 1.12 bits per heavy atom. The molecule has 0 aromatic heterocycles. The number of benzene rings is 1. The number of ether oxygens (including phenoxy) is 2. The van der Waals surface area contributed by atoms with Crippen LogP contribution in [-0.4, -0.2) is 49.6 Å². The first-order chi connectivity index (χ1) is 16.0. The molecule has 1 aliphatic rings. The predicted molar refractivity (Wildman–Crippen MR) is 138 cm³/mol. The van der Waals surface area contributed by atoms with Gasteiger partial charge in [0, 0.05) is 44.8 Å². The Labute approximate surface area is 201 Å². The van der Waals surface area contributed by atoms with Gasteiger partial charge < -0.3 is 20.1 Å². The number of nitrogens with two attached hydrogens (primary N) is 1. The number of hydrogen-bond donors (Lipinski definition) is 1. The largest absolute Gasteiger partial charge is 0.501 e. The highest BCUT2D eigenvalue weighted by Crippen LogP contribution is 2.25. The van der Waals surface area contributed by atoms with Gasteiger partial charge in [-0.05, 0) is 49.1 Å². The molecule has 0 bridgehead atoms. The standard InChI is InChI=1S/C28H43N3O2/c1-6-11-23(3)26(16-15-24(4)32-5)31-21-19-30(20-22-31)18-17-27(33-28(29)12-7-2)25-13-9-8-10-14-25/h8-10,12-16,27H,3,6-7,11,17-22,29H2,1-2,4-5H3/b24-15+,26-16+,28-12-. The van der Waals surface area contributed by atoms with Gasteiger partial charge in [-0.1, -0.05) is 57.2 Å². The molecule has 182 valence electrons. The van der Waals surface area contributed by atoms with Crippen LogP contribution in [0.2, 0.25) is 0 Å². The molecular weight excluding hydrogens is 410 g/mol. The Morgan fingerprint density at radius 3 is 2.42 bits per heavy atom. The Hall–Kier alpha value is -2.66. The van der Waals surface area contributed by atoms with E-state index in [4.69, 9.17) is 15.2 Å². The van der Waals surface area contributed by atoms with E-state index in [1.165, 1.54) is 16.8 Å². The lowest BCUT2D eigenvalue weighted by atomic mass is 10.1. The molecule has 1 heterocycles. The molecule has 1 saturated heterocycles. The lowest BCUT2D eigenvalue weighted by molar-refractivity contribution is 0.0819. The molecule has 1 aliphatic heterocycles. The number of allylic oxidation sites excluding steroid dienone is 5. The highest BCUT2D eigenvalue weighted by atomic mass is 16.5. The first kappa shape index (κ1) is 26.6. The highest BCUT2D eigenvalue weighted by molar-refractivity contribution is 5.31. The maximum absolute atomic E-state index is 6.11. The van der Waals surface area contributed by atoms with E-state index in [9.17, 15) is 0 Å². The molecule has 0 saturated carbocycles. The van der Waals surface area contributed by atoms with E-state index in [-0.39, 0.29) is 6.10 Å². The topological polar surface area (TPSA) is 51.0 Å². The second kappa shape index (κ2) is 14.5. The zero-order valence-corrected chi connectivity index (χ0v) is 21.1. The summed E-state index contributed by atoms with van der Waals surface area (Å²) >= 11 is 0. The van der Waals surface area contributed by atoms with Crippen LogP contribution in [0.1, 0.15) is 58.1 Å². The van der Waals surface area contributed by atoms with Gasteiger partial charge in [0.15, 0.2) is 5.88 Å². The van der Waals surface area contributed by atoms with Crippen molar-refractivity contribution >= 4 is 0 Å². The predicted octanol–water partition coefficient (Wildman–Crippen LogP) is 5.75. The summed E-state index contributed by atoms with van der Waals surface area (Å²) in [4.78, 5) is 4.98. The molecule has 2 N–H and O–H groups in total. The van der Waals surface area contributed by atoms with E-state index >= 15 is 0 Å². The molecule has 5 nitrogen and oxygen atoms in total. The fraction of sp³-hybridized carbons (Fsp3) is 0.500. The monoisotopic (exact) mass is 453 g/mol. The fourth-order valence-corrected chi connectivity index (χ4v) is 4.03. The number of methoxy groups -OCH3 is 1. The lowest BCUT2D eigenvalue weighted by Gasteiger charge is -2.38. The van der Waals surface area contributed by atoms with E-state index in [1.54, 1.807) is 7.11 Å². The number of hydrogen-bond acceptors (Lipinski definition) is 5. The minimum Gasteiger partial charge on any atom is -0.501 e. The summed E-state index contributed by atoms with van der Waals surface area (Å²) in [5.74, 6) is 1.42. The van der Waals surface area contributed by atoms with Crippen molar-refractivity contribution in [3.05, 3.63) is 83.6 Å². The number of nitrogens with zero attached hydrogens (tertiary/aromatic N) is 2. The summed E-state index contributed by atoms with van der Waals surface area (Å²) in [5, 5.41) is 0. The second-order valence-electron chi connectivity index (χ2n) is 8.54. The second-order valence-corrected chi connectivity index (χ2v) is 8.54. The molecule has 0 aliphatic carbocycles. The summed E-state index contributed by atoms with van der Waals surface area (Å²) in [5.41, 5.74) is 9.69. The Bertz CT molecular complexity index is 806. The van der Waals surface area contributed by atoms with E-state index in [2.05, 4.69) is 60.6 Å². The van der Waals surface area contributed by atoms with Gasteiger partial charge in [-0.15, -0.1) is 0 Å². The van der Waals surface area contributed by atoms with Gasteiger partial charge in [-0.25, -0.2) is 0 Å². The molecule has 0 radical (unpaired) electrons. The summed E-state index contributed by atoms with van der Waals surface area (Å²) in [6.45, 7) is 15.6. The summed E-state index contributed by atoms with van der Waals surface area (Å²) in [7, 11) is 1.71. The molecule has 1 atom stereocenters. The number of rotatable bonds is 13. The Balaban J connectivity index is 1.99. The van der Waals surface area contributed by atoms with E-state index in [0.29, 0.717) is 5.88 Å². The van der Waals surface area contributed by atoms with Crippen LogP contribution in [0.25, 0.3) is 0 Å². The maximum atomic E-state index is 6.11. The van der Waals surface area contributed by atoms with Crippen molar-refractivity contribution in [2.24, 2.45) is 5.73 Å². The smallest absolute Gasteiger partial charge is 0.180 e. The average Bonchev–Trinajstić information content (AvgIpc) is 2.83. The van der Waals surface area contributed by atoms with Crippen LogP contribution in [0.15, 0.2) is 78.1 Å². The quantitative estimate of drug-likeness (QED) is 0.304. The molecule has 33 heavy (non-hydrogen) atoms. The van der Waals surface area contributed by atoms with Crippen LogP contribution in [-0.2, 0) is 9.47 Å². The summed E-state index contributed by atoms with van der Waals surface area (Å²) < 4.78 is 11.4.